The second-order valence-electron chi connectivity index (χ2n) is 4.16. The Kier molecular flexibility index (Phi) is 4.31. The number of aromatic nitrogens is 2. The Morgan fingerprint density at radius 1 is 1.05 bits per heavy atom. The van der Waals surface area contributed by atoms with Crippen molar-refractivity contribution in [2.75, 3.05) is 5.32 Å². The second kappa shape index (κ2) is 6.20. The van der Waals surface area contributed by atoms with Crippen LogP contribution in [0.5, 0.6) is 0 Å². The molecule has 7 heteroatoms. The maximum atomic E-state index is 6.19. The third-order valence-electron chi connectivity index (χ3n) is 2.69. The quantitative estimate of drug-likeness (QED) is 0.593. The number of nitrogens with zero attached hydrogens (tertiary/aromatic N) is 2. The predicted molar refractivity (Wildman–Crippen MR) is 90.1 cm³/mol. The highest BCUT2D eigenvalue weighted by atomic mass is 35.5. The minimum Gasteiger partial charge on any atom is -0.330 e. The molecule has 0 bridgehead atoms. The van der Waals surface area contributed by atoms with Gasteiger partial charge in [-0.3, -0.25) is 0 Å². The van der Waals surface area contributed by atoms with Crippen LogP contribution in [0.1, 0.15) is 0 Å². The van der Waals surface area contributed by atoms with E-state index >= 15 is 0 Å². The summed E-state index contributed by atoms with van der Waals surface area (Å²) in [4.78, 5) is 8.52. The van der Waals surface area contributed by atoms with E-state index in [1.807, 2.05) is 17.5 Å². The number of halogens is 3. The molecule has 0 saturated heterocycles. The van der Waals surface area contributed by atoms with Crippen LogP contribution in [0.3, 0.4) is 0 Å². The zero-order chi connectivity index (χ0) is 14.8. The molecule has 21 heavy (non-hydrogen) atoms. The first-order valence-electron chi connectivity index (χ1n) is 5.91. The number of hydrogen-bond donors (Lipinski definition) is 1. The zero-order valence-corrected chi connectivity index (χ0v) is 13.6. The molecule has 3 rings (SSSR count). The number of thiazole rings is 1. The molecule has 0 unspecified atom stereocenters. The Morgan fingerprint density at radius 2 is 1.90 bits per heavy atom. The van der Waals surface area contributed by atoms with E-state index in [4.69, 9.17) is 34.8 Å². The maximum absolute atomic E-state index is 6.19. The summed E-state index contributed by atoms with van der Waals surface area (Å²) in [5.74, 6) is 0. The summed E-state index contributed by atoms with van der Waals surface area (Å²) in [6.45, 7) is 0. The molecule has 3 aromatic rings. The summed E-state index contributed by atoms with van der Waals surface area (Å²) >= 11 is 19.3. The van der Waals surface area contributed by atoms with Gasteiger partial charge in [0, 0.05) is 16.0 Å². The maximum Gasteiger partial charge on any atom is 0.187 e. The van der Waals surface area contributed by atoms with Gasteiger partial charge in [0.05, 0.1) is 22.6 Å². The van der Waals surface area contributed by atoms with Crippen molar-refractivity contribution >= 4 is 57.0 Å². The minimum absolute atomic E-state index is 0.452. The number of anilines is 2. The number of pyridine rings is 1. The summed E-state index contributed by atoms with van der Waals surface area (Å²) in [6.07, 6.45) is 1.65. The second-order valence-corrected chi connectivity index (χ2v) is 6.25. The average molecular weight is 357 g/mol. The Bertz CT molecular complexity index is 771. The Labute approximate surface area is 140 Å². The van der Waals surface area contributed by atoms with Gasteiger partial charge in [-0.1, -0.05) is 34.8 Å². The van der Waals surface area contributed by atoms with Crippen molar-refractivity contribution in [1.82, 2.24) is 9.97 Å². The lowest BCUT2D eigenvalue weighted by Gasteiger charge is -2.02. The van der Waals surface area contributed by atoms with Crippen LogP contribution in [-0.2, 0) is 0 Å². The molecule has 2 aromatic heterocycles. The Balaban J connectivity index is 1.84. The van der Waals surface area contributed by atoms with Crippen molar-refractivity contribution in [3.05, 3.63) is 57.1 Å². The number of hydrogen-bond acceptors (Lipinski definition) is 4. The Hall–Kier alpha value is -1.33. The van der Waals surface area contributed by atoms with Gasteiger partial charge in [-0.25, -0.2) is 9.97 Å². The van der Waals surface area contributed by atoms with E-state index in [1.54, 1.807) is 24.4 Å². The van der Waals surface area contributed by atoms with E-state index in [0.717, 1.165) is 22.1 Å². The molecule has 0 saturated carbocycles. The van der Waals surface area contributed by atoms with Gasteiger partial charge in [-0.2, -0.15) is 0 Å². The fourth-order valence-electron chi connectivity index (χ4n) is 1.73. The monoisotopic (exact) mass is 355 g/mol. The highest BCUT2D eigenvalue weighted by Gasteiger charge is 2.09. The van der Waals surface area contributed by atoms with Crippen molar-refractivity contribution < 1.29 is 0 Å². The van der Waals surface area contributed by atoms with Crippen molar-refractivity contribution in [1.29, 1.82) is 0 Å². The van der Waals surface area contributed by atoms with E-state index in [1.165, 1.54) is 11.3 Å². The third-order valence-corrected chi connectivity index (χ3v) is 4.22. The van der Waals surface area contributed by atoms with Crippen LogP contribution in [-0.4, -0.2) is 9.97 Å². The molecule has 0 spiro atoms. The highest BCUT2D eigenvalue weighted by Crippen LogP contribution is 2.33. The predicted octanol–water partition coefficient (Wildman–Crippen LogP) is 5.91. The van der Waals surface area contributed by atoms with Crippen LogP contribution in [0, 0.1) is 0 Å². The summed E-state index contributed by atoms with van der Waals surface area (Å²) in [5, 5.41) is 7.48. The minimum atomic E-state index is 0.452. The van der Waals surface area contributed by atoms with Gasteiger partial charge in [-0.05, 0) is 30.3 Å². The van der Waals surface area contributed by atoms with Crippen molar-refractivity contribution in [2.45, 2.75) is 0 Å². The van der Waals surface area contributed by atoms with Gasteiger partial charge in [0.1, 0.15) is 5.15 Å². The van der Waals surface area contributed by atoms with E-state index in [-0.39, 0.29) is 0 Å². The molecule has 0 aliphatic heterocycles. The molecular weight excluding hydrogens is 349 g/mol. The van der Waals surface area contributed by atoms with Gasteiger partial charge in [0.2, 0.25) is 0 Å². The highest BCUT2D eigenvalue weighted by molar-refractivity contribution is 7.14. The fourth-order valence-corrected chi connectivity index (χ4v) is 3.07. The first kappa shape index (κ1) is 14.6. The van der Waals surface area contributed by atoms with Crippen LogP contribution in [0.4, 0.5) is 10.8 Å². The van der Waals surface area contributed by atoms with E-state index in [2.05, 4.69) is 15.3 Å². The topological polar surface area (TPSA) is 37.8 Å². The largest absolute Gasteiger partial charge is 0.330 e. The smallest absolute Gasteiger partial charge is 0.187 e. The molecule has 0 aliphatic rings. The summed E-state index contributed by atoms with van der Waals surface area (Å²) in [6, 6.07) is 8.90. The SMILES string of the molecule is Clc1ccc(-c2csc(Nc3ccc(Cl)nc3)n2)c(Cl)c1. The summed E-state index contributed by atoms with van der Waals surface area (Å²) in [5.41, 5.74) is 2.47. The van der Waals surface area contributed by atoms with E-state index < -0.39 is 0 Å². The van der Waals surface area contributed by atoms with E-state index in [0.29, 0.717) is 15.2 Å². The van der Waals surface area contributed by atoms with Gasteiger partial charge in [0.25, 0.3) is 0 Å². The first-order valence-corrected chi connectivity index (χ1v) is 7.93. The van der Waals surface area contributed by atoms with Crippen LogP contribution >= 0.6 is 46.1 Å². The summed E-state index contributed by atoms with van der Waals surface area (Å²) < 4.78 is 0. The van der Waals surface area contributed by atoms with Gasteiger partial charge >= 0.3 is 0 Å². The molecule has 0 radical (unpaired) electrons. The third kappa shape index (κ3) is 3.47. The van der Waals surface area contributed by atoms with Gasteiger partial charge < -0.3 is 5.32 Å². The van der Waals surface area contributed by atoms with Crippen molar-refractivity contribution in [3.8, 4) is 11.3 Å². The number of rotatable bonds is 3. The number of nitrogens with one attached hydrogen (secondary N) is 1. The molecule has 1 N–H and O–H groups in total. The molecule has 0 atom stereocenters. The molecular formula is C14H8Cl3N3S. The van der Waals surface area contributed by atoms with Crippen LogP contribution in [0.25, 0.3) is 11.3 Å². The number of benzene rings is 1. The lowest BCUT2D eigenvalue weighted by molar-refractivity contribution is 1.31. The van der Waals surface area contributed by atoms with E-state index in [9.17, 15) is 0 Å². The van der Waals surface area contributed by atoms with Crippen molar-refractivity contribution in [3.63, 3.8) is 0 Å². The normalized spacial score (nSPS) is 10.6. The molecule has 3 nitrogen and oxygen atoms in total. The Morgan fingerprint density at radius 3 is 2.62 bits per heavy atom. The first-order chi connectivity index (χ1) is 10.1. The van der Waals surface area contributed by atoms with Gasteiger partial charge in [-0.15, -0.1) is 11.3 Å². The zero-order valence-electron chi connectivity index (χ0n) is 10.5. The van der Waals surface area contributed by atoms with Gasteiger partial charge in [0.15, 0.2) is 5.13 Å². The van der Waals surface area contributed by atoms with Crippen LogP contribution in [0.15, 0.2) is 41.9 Å². The molecule has 1 aromatic carbocycles. The lowest BCUT2D eigenvalue weighted by atomic mass is 10.2. The standard InChI is InChI=1S/C14H8Cl3N3S/c15-8-1-3-10(11(16)5-8)12-7-21-14(20-12)19-9-2-4-13(17)18-6-9/h1-7H,(H,19,20). The van der Waals surface area contributed by atoms with Crippen LogP contribution < -0.4 is 5.32 Å². The molecule has 2 heterocycles. The molecule has 0 amide bonds. The van der Waals surface area contributed by atoms with Crippen LogP contribution in [0.2, 0.25) is 15.2 Å². The fraction of sp³-hybridized carbons (Fsp3) is 0. The van der Waals surface area contributed by atoms with Crippen molar-refractivity contribution in [2.24, 2.45) is 0 Å². The average Bonchev–Trinajstić information content (AvgIpc) is 2.90. The molecule has 106 valence electrons. The molecule has 0 aliphatic carbocycles. The lowest BCUT2D eigenvalue weighted by Crippen LogP contribution is -1.90. The molecule has 0 fully saturated rings. The summed E-state index contributed by atoms with van der Waals surface area (Å²) in [7, 11) is 0.